The Hall–Kier alpha value is -3.59. The maximum absolute atomic E-state index is 14.0. The van der Waals surface area contributed by atoms with Gasteiger partial charge in [-0.15, -0.1) is 0 Å². The third kappa shape index (κ3) is 4.91. The highest BCUT2D eigenvalue weighted by atomic mass is 35.5. The molecule has 10 heteroatoms. The molecule has 7 nitrogen and oxygen atoms in total. The zero-order chi connectivity index (χ0) is 28.6. The molecule has 4 aromatic rings. The Morgan fingerprint density at radius 1 is 1.12 bits per heavy atom. The van der Waals surface area contributed by atoms with E-state index in [2.05, 4.69) is 0 Å². The molecular weight excluding hydrogens is 569 g/mol. The van der Waals surface area contributed by atoms with Gasteiger partial charge in [-0.3, -0.25) is 14.2 Å². The van der Waals surface area contributed by atoms with Crippen LogP contribution in [0.5, 0.6) is 5.75 Å². The number of para-hydroxylation sites is 1. The number of fused-ring (bicyclic) bond motifs is 1. The molecule has 0 spiro atoms. The number of likely N-dealkylation sites (N-methyl/N-ethyl adjacent to an activating group) is 1. The molecular formula is C30H27Cl2N3O4S. The van der Waals surface area contributed by atoms with Crippen LogP contribution in [-0.2, 0) is 4.79 Å². The highest BCUT2D eigenvalue weighted by Crippen LogP contribution is 2.36. The minimum atomic E-state index is -0.708. The van der Waals surface area contributed by atoms with Gasteiger partial charge in [0.25, 0.3) is 11.5 Å². The van der Waals surface area contributed by atoms with Gasteiger partial charge in [-0.05, 0) is 51.1 Å². The van der Waals surface area contributed by atoms with E-state index < -0.39 is 6.04 Å². The summed E-state index contributed by atoms with van der Waals surface area (Å²) in [5.74, 6) is 1.42. The Bertz CT molecular complexity index is 1810. The molecule has 0 bridgehead atoms. The van der Waals surface area contributed by atoms with Crippen LogP contribution in [-0.4, -0.2) is 35.6 Å². The SMILES string of the molecule is CCN(CC)C(=O)C1=C(C)N=c2s/c(=C/c3ccc(-c4cccc(Cl)c4Cl)o3)c(=O)n2[C@H]1c1ccccc1OC. The topological polar surface area (TPSA) is 77.0 Å². The van der Waals surface area contributed by atoms with Gasteiger partial charge in [0.1, 0.15) is 23.3 Å². The highest BCUT2D eigenvalue weighted by Gasteiger charge is 2.35. The Morgan fingerprint density at radius 3 is 2.60 bits per heavy atom. The van der Waals surface area contributed by atoms with Gasteiger partial charge in [-0.25, -0.2) is 4.99 Å². The van der Waals surface area contributed by atoms with Crippen molar-refractivity contribution in [3.63, 3.8) is 0 Å². The van der Waals surface area contributed by atoms with Gasteiger partial charge in [-0.1, -0.05) is 58.8 Å². The second-order valence-electron chi connectivity index (χ2n) is 9.10. The Balaban J connectivity index is 1.68. The number of amides is 1. The minimum absolute atomic E-state index is 0.162. The summed E-state index contributed by atoms with van der Waals surface area (Å²) in [4.78, 5) is 34.7. The highest BCUT2D eigenvalue weighted by molar-refractivity contribution is 7.07. The van der Waals surface area contributed by atoms with E-state index >= 15 is 0 Å². The third-order valence-electron chi connectivity index (χ3n) is 6.85. The summed E-state index contributed by atoms with van der Waals surface area (Å²) in [5, 5.41) is 0.814. The molecule has 0 aliphatic carbocycles. The Labute approximate surface area is 245 Å². The molecule has 2 aromatic carbocycles. The fourth-order valence-electron chi connectivity index (χ4n) is 4.86. The Morgan fingerprint density at radius 2 is 1.88 bits per heavy atom. The number of hydrogen-bond donors (Lipinski definition) is 0. The van der Waals surface area contributed by atoms with Crippen LogP contribution in [0.2, 0.25) is 10.0 Å². The van der Waals surface area contributed by atoms with Gasteiger partial charge in [0.05, 0.1) is 33.0 Å². The van der Waals surface area contributed by atoms with Crippen LogP contribution in [0.15, 0.2) is 80.1 Å². The lowest BCUT2D eigenvalue weighted by Gasteiger charge is -2.29. The first-order chi connectivity index (χ1) is 19.3. The summed E-state index contributed by atoms with van der Waals surface area (Å²) in [6, 6.07) is 15.6. The van der Waals surface area contributed by atoms with Crippen LogP contribution in [0.4, 0.5) is 0 Å². The van der Waals surface area contributed by atoms with Gasteiger partial charge in [0, 0.05) is 30.3 Å². The fourth-order valence-corrected chi connectivity index (χ4v) is 6.28. The average molecular weight is 597 g/mol. The van der Waals surface area contributed by atoms with Gasteiger partial charge in [0.2, 0.25) is 0 Å². The first-order valence-electron chi connectivity index (χ1n) is 12.8. The molecule has 2 aromatic heterocycles. The molecule has 0 saturated heterocycles. The van der Waals surface area contributed by atoms with Crippen molar-refractivity contribution in [2.75, 3.05) is 20.2 Å². The van der Waals surface area contributed by atoms with Crippen molar-refractivity contribution in [1.82, 2.24) is 9.47 Å². The monoisotopic (exact) mass is 595 g/mol. The van der Waals surface area contributed by atoms with Crippen molar-refractivity contribution in [3.05, 3.63) is 107 Å². The standard InChI is InChI=1S/C30H27Cl2N3O4S/c1-5-34(6-2)29(37)25-17(3)33-30-35(27(25)20-10-7-8-13-22(20)38-4)28(36)24(40-30)16-18-14-15-23(39-18)19-11-9-12-21(31)26(19)32/h7-16,27H,5-6H2,1-4H3/b24-16+/t27-/m0/s1. The number of rotatable bonds is 7. The summed E-state index contributed by atoms with van der Waals surface area (Å²) >= 11 is 13.8. The van der Waals surface area contributed by atoms with E-state index in [1.807, 2.05) is 51.1 Å². The molecule has 1 aliphatic rings. The minimum Gasteiger partial charge on any atom is -0.496 e. The Kier molecular flexibility index (Phi) is 8.03. The van der Waals surface area contributed by atoms with Crippen LogP contribution in [0.25, 0.3) is 17.4 Å². The second-order valence-corrected chi connectivity index (χ2v) is 10.9. The summed E-state index contributed by atoms with van der Waals surface area (Å²) in [5.41, 5.74) is 2.09. The van der Waals surface area contributed by atoms with Crippen molar-refractivity contribution in [1.29, 1.82) is 0 Å². The quantitative estimate of drug-likeness (QED) is 0.275. The van der Waals surface area contributed by atoms with Gasteiger partial charge in [0.15, 0.2) is 4.80 Å². The number of ether oxygens (including phenoxy) is 1. The van der Waals surface area contributed by atoms with Crippen molar-refractivity contribution < 1.29 is 13.9 Å². The third-order valence-corrected chi connectivity index (χ3v) is 8.66. The molecule has 40 heavy (non-hydrogen) atoms. The van der Waals surface area contributed by atoms with Gasteiger partial charge >= 0.3 is 0 Å². The number of aromatic nitrogens is 1. The molecule has 0 N–H and O–H groups in total. The molecule has 1 amide bonds. The number of halogens is 2. The molecule has 1 aliphatic heterocycles. The number of methoxy groups -OCH3 is 1. The molecule has 0 radical (unpaired) electrons. The molecule has 5 rings (SSSR count). The number of furan rings is 1. The number of carbonyl (C=O) groups is 1. The summed E-state index contributed by atoms with van der Waals surface area (Å²) in [6.45, 7) is 6.74. The predicted molar refractivity (Wildman–Crippen MR) is 159 cm³/mol. The first kappa shape index (κ1) is 28.0. The number of thiazole rings is 1. The summed E-state index contributed by atoms with van der Waals surface area (Å²) in [6.07, 6.45) is 1.68. The maximum atomic E-state index is 14.0. The van der Waals surface area contributed by atoms with Gasteiger partial charge in [-0.2, -0.15) is 0 Å². The van der Waals surface area contributed by atoms with Crippen LogP contribution >= 0.6 is 34.5 Å². The maximum Gasteiger partial charge on any atom is 0.271 e. The van der Waals surface area contributed by atoms with E-state index in [0.29, 0.717) is 72.1 Å². The van der Waals surface area contributed by atoms with Crippen molar-refractivity contribution >= 4 is 46.5 Å². The van der Waals surface area contributed by atoms with E-state index in [9.17, 15) is 9.59 Å². The van der Waals surface area contributed by atoms with Crippen molar-refractivity contribution in [2.45, 2.75) is 26.8 Å². The molecule has 0 fully saturated rings. The average Bonchev–Trinajstić information content (AvgIpc) is 3.54. The van der Waals surface area contributed by atoms with E-state index in [4.69, 9.17) is 37.3 Å². The molecule has 3 heterocycles. The van der Waals surface area contributed by atoms with E-state index in [-0.39, 0.29) is 11.5 Å². The van der Waals surface area contributed by atoms with Crippen LogP contribution < -0.4 is 19.6 Å². The molecule has 0 unspecified atom stereocenters. The largest absolute Gasteiger partial charge is 0.496 e. The van der Waals surface area contributed by atoms with Crippen LogP contribution in [0.1, 0.15) is 38.1 Å². The first-order valence-corrected chi connectivity index (χ1v) is 14.3. The van der Waals surface area contributed by atoms with E-state index in [1.165, 1.54) is 11.3 Å². The smallest absolute Gasteiger partial charge is 0.271 e. The number of allylic oxidation sites excluding steroid dienone is 1. The lowest BCUT2D eigenvalue weighted by molar-refractivity contribution is -0.127. The lowest BCUT2D eigenvalue weighted by atomic mass is 9.94. The molecule has 0 saturated carbocycles. The van der Waals surface area contributed by atoms with Crippen LogP contribution in [0, 0.1) is 0 Å². The zero-order valence-corrected chi connectivity index (χ0v) is 24.7. The number of hydrogen-bond acceptors (Lipinski definition) is 6. The fraction of sp³-hybridized carbons (Fsp3) is 0.233. The second kappa shape index (κ2) is 11.5. The number of nitrogens with zero attached hydrogens (tertiary/aromatic N) is 3. The van der Waals surface area contributed by atoms with E-state index in [0.717, 1.165) is 0 Å². The number of benzene rings is 2. The van der Waals surface area contributed by atoms with E-state index in [1.54, 1.807) is 46.9 Å². The van der Waals surface area contributed by atoms with Crippen molar-refractivity contribution in [2.24, 2.45) is 4.99 Å². The lowest BCUT2D eigenvalue weighted by Crippen LogP contribution is -2.43. The summed E-state index contributed by atoms with van der Waals surface area (Å²) < 4.78 is 13.7. The molecule has 1 atom stereocenters. The van der Waals surface area contributed by atoms with Crippen LogP contribution in [0.3, 0.4) is 0 Å². The molecule has 206 valence electrons. The zero-order valence-electron chi connectivity index (χ0n) is 22.4. The summed E-state index contributed by atoms with van der Waals surface area (Å²) in [7, 11) is 1.58. The predicted octanol–water partition coefficient (Wildman–Crippen LogP) is 5.68. The number of carbonyl (C=O) groups excluding carboxylic acids is 1. The van der Waals surface area contributed by atoms with Crippen molar-refractivity contribution in [3.8, 4) is 17.1 Å². The van der Waals surface area contributed by atoms with Gasteiger partial charge < -0.3 is 14.1 Å². The normalized spacial score (nSPS) is 15.2.